The molecule has 2 aromatic carbocycles. The topological polar surface area (TPSA) is 68.3 Å². The molecule has 0 saturated heterocycles. The van der Waals surface area contributed by atoms with E-state index >= 15 is 0 Å². The molecule has 0 bridgehead atoms. The molecule has 0 fully saturated rings. The Hall–Kier alpha value is -2.84. The molecular formula is C19H16F2N2O3S. The molecule has 0 aliphatic heterocycles. The summed E-state index contributed by atoms with van der Waals surface area (Å²) in [5, 5.41) is 0. The highest BCUT2D eigenvalue weighted by Crippen LogP contribution is 2.19. The zero-order valence-electron chi connectivity index (χ0n) is 14.1. The second kappa shape index (κ2) is 8.24. The maximum atomic E-state index is 13.7. The summed E-state index contributed by atoms with van der Waals surface area (Å²) in [6.45, 7) is 0.118. The lowest BCUT2D eigenvalue weighted by Gasteiger charge is -2.10. The number of hydrogen-bond acceptors (Lipinski definition) is 4. The van der Waals surface area contributed by atoms with E-state index in [4.69, 9.17) is 4.74 Å². The van der Waals surface area contributed by atoms with Gasteiger partial charge in [0.15, 0.2) is 4.90 Å². The molecule has 0 spiro atoms. The van der Waals surface area contributed by atoms with Crippen LogP contribution >= 0.6 is 0 Å². The maximum Gasteiger partial charge on any atom is 0.246 e. The lowest BCUT2D eigenvalue weighted by molar-refractivity contribution is 0.301. The summed E-state index contributed by atoms with van der Waals surface area (Å²) in [5.41, 5.74) is 1.33. The Bertz CT molecular complexity index is 1010. The van der Waals surface area contributed by atoms with Gasteiger partial charge in [-0.2, -0.15) is 0 Å². The fourth-order valence-electron chi connectivity index (χ4n) is 2.38. The highest BCUT2D eigenvalue weighted by molar-refractivity contribution is 7.89. The third-order valence-electron chi connectivity index (χ3n) is 3.67. The monoisotopic (exact) mass is 390 g/mol. The first-order valence-corrected chi connectivity index (χ1v) is 9.49. The Morgan fingerprint density at radius 3 is 2.41 bits per heavy atom. The molecule has 1 N–H and O–H groups in total. The van der Waals surface area contributed by atoms with Gasteiger partial charge in [-0.3, -0.25) is 4.98 Å². The Morgan fingerprint density at radius 1 is 0.963 bits per heavy atom. The molecule has 0 aliphatic rings. The summed E-state index contributed by atoms with van der Waals surface area (Å²) in [5.74, 6) is -1.76. The number of nitrogens with zero attached hydrogens (tertiary/aromatic N) is 1. The van der Waals surface area contributed by atoms with E-state index in [9.17, 15) is 17.2 Å². The van der Waals surface area contributed by atoms with E-state index in [-0.39, 0.29) is 13.2 Å². The lowest BCUT2D eigenvalue weighted by atomic mass is 10.2. The van der Waals surface area contributed by atoms with Crippen LogP contribution in [0, 0.1) is 11.6 Å². The van der Waals surface area contributed by atoms with E-state index in [1.54, 1.807) is 36.5 Å². The number of sulfonamides is 1. The summed E-state index contributed by atoms with van der Waals surface area (Å²) in [7, 11) is -4.34. The predicted molar refractivity (Wildman–Crippen MR) is 95.4 cm³/mol. The van der Waals surface area contributed by atoms with Crippen LogP contribution in [0.5, 0.6) is 5.75 Å². The molecule has 27 heavy (non-hydrogen) atoms. The van der Waals surface area contributed by atoms with Gasteiger partial charge >= 0.3 is 0 Å². The summed E-state index contributed by atoms with van der Waals surface area (Å²) in [6, 6.07) is 15.1. The number of rotatable bonds is 7. The van der Waals surface area contributed by atoms with Crippen molar-refractivity contribution in [2.45, 2.75) is 18.0 Å². The van der Waals surface area contributed by atoms with E-state index < -0.39 is 26.6 Å². The zero-order chi connectivity index (χ0) is 19.3. The van der Waals surface area contributed by atoms with Crippen LogP contribution in [-0.4, -0.2) is 13.4 Å². The minimum atomic E-state index is -4.34. The molecule has 0 radical (unpaired) electrons. The molecule has 3 aromatic rings. The Kier molecular flexibility index (Phi) is 5.78. The van der Waals surface area contributed by atoms with Gasteiger partial charge in [-0.05, 0) is 42.0 Å². The van der Waals surface area contributed by atoms with Crippen LogP contribution < -0.4 is 9.46 Å². The van der Waals surface area contributed by atoms with Gasteiger partial charge in [0.25, 0.3) is 0 Å². The van der Waals surface area contributed by atoms with Crippen molar-refractivity contribution >= 4 is 10.0 Å². The number of halogens is 2. The zero-order valence-corrected chi connectivity index (χ0v) is 14.9. The minimum Gasteiger partial charge on any atom is -0.487 e. The van der Waals surface area contributed by atoms with Gasteiger partial charge in [-0.25, -0.2) is 21.9 Å². The van der Waals surface area contributed by atoms with E-state index in [2.05, 4.69) is 9.71 Å². The number of ether oxygens (including phenoxy) is 1. The van der Waals surface area contributed by atoms with Crippen molar-refractivity contribution in [3.63, 3.8) is 0 Å². The van der Waals surface area contributed by atoms with Crippen molar-refractivity contribution in [1.82, 2.24) is 9.71 Å². The third-order valence-corrected chi connectivity index (χ3v) is 5.12. The molecule has 140 valence electrons. The van der Waals surface area contributed by atoms with Crippen molar-refractivity contribution in [2.24, 2.45) is 0 Å². The maximum absolute atomic E-state index is 13.7. The van der Waals surface area contributed by atoms with Crippen molar-refractivity contribution in [2.75, 3.05) is 0 Å². The number of nitrogens with one attached hydrogen (secondary N) is 1. The Morgan fingerprint density at radius 2 is 1.70 bits per heavy atom. The quantitative estimate of drug-likeness (QED) is 0.671. The number of aromatic nitrogens is 1. The van der Waals surface area contributed by atoms with Crippen molar-refractivity contribution in [1.29, 1.82) is 0 Å². The molecule has 1 aromatic heterocycles. The van der Waals surface area contributed by atoms with Crippen molar-refractivity contribution in [3.8, 4) is 5.75 Å². The first-order chi connectivity index (χ1) is 13.0. The second-order valence-corrected chi connectivity index (χ2v) is 7.34. The van der Waals surface area contributed by atoms with Gasteiger partial charge in [0.05, 0.1) is 5.69 Å². The van der Waals surface area contributed by atoms with E-state index in [1.807, 2.05) is 12.1 Å². The predicted octanol–water partition coefficient (Wildman–Crippen LogP) is 3.42. The summed E-state index contributed by atoms with van der Waals surface area (Å²) >= 11 is 0. The first-order valence-electron chi connectivity index (χ1n) is 8.01. The minimum absolute atomic E-state index is 0.142. The Labute approximate surface area is 155 Å². The van der Waals surface area contributed by atoms with Crippen LogP contribution in [0.1, 0.15) is 11.3 Å². The Balaban J connectivity index is 1.68. The molecule has 3 rings (SSSR count). The van der Waals surface area contributed by atoms with Gasteiger partial charge in [0, 0.05) is 12.7 Å². The van der Waals surface area contributed by atoms with Crippen LogP contribution in [-0.2, 0) is 23.2 Å². The van der Waals surface area contributed by atoms with Gasteiger partial charge in [-0.15, -0.1) is 0 Å². The molecule has 0 aliphatic carbocycles. The summed E-state index contributed by atoms with van der Waals surface area (Å²) in [6.07, 6.45) is 1.66. The van der Waals surface area contributed by atoms with Gasteiger partial charge in [0.1, 0.15) is 24.0 Å². The standard InChI is InChI=1S/C19H16F2N2O3S/c20-17-8-4-9-18(21)19(17)27(24,25)23-12-14-5-3-7-16(11-14)26-13-15-6-1-2-10-22-15/h1-11,23H,12-13H2. The molecule has 0 unspecified atom stereocenters. The molecular weight excluding hydrogens is 374 g/mol. The number of hydrogen-bond donors (Lipinski definition) is 1. The second-order valence-electron chi connectivity index (χ2n) is 5.63. The van der Waals surface area contributed by atoms with Crippen molar-refractivity contribution < 1.29 is 21.9 Å². The first kappa shape index (κ1) is 18.9. The lowest BCUT2D eigenvalue weighted by Crippen LogP contribution is -2.25. The van der Waals surface area contributed by atoms with Crippen LogP contribution in [0.25, 0.3) is 0 Å². The molecule has 5 nitrogen and oxygen atoms in total. The molecule has 0 saturated carbocycles. The summed E-state index contributed by atoms with van der Waals surface area (Å²) < 4.78 is 59.7. The van der Waals surface area contributed by atoms with Gasteiger partial charge < -0.3 is 4.74 Å². The van der Waals surface area contributed by atoms with Crippen LogP contribution in [0.3, 0.4) is 0 Å². The summed E-state index contributed by atoms with van der Waals surface area (Å²) in [4.78, 5) is 3.15. The van der Waals surface area contributed by atoms with Crippen LogP contribution in [0.15, 0.2) is 71.8 Å². The fourth-order valence-corrected chi connectivity index (χ4v) is 3.53. The largest absolute Gasteiger partial charge is 0.487 e. The van der Waals surface area contributed by atoms with Crippen molar-refractivity contribution in [3.05, 3.63) is 89.8 Å². The molecule has 8 heteroatoms. The average Bonchev–Trinajstić information content (AvgIpc) is 2.66. The molecule has 1 heterocycles. The van der Waals surface area contributed by atoms with E-state index in [0.717, 1.165) is 23.9 Å². The molecule has 0 amide bonds. The van der Waals surface area contributed by atoms with Gasteiger partial charge in [-0.1, -0.05) is 24.3 Å². The van der Waals surface area contributed by atoms with Crippen LogP contribution in [0.4, 0.5) is 8.78 Å². The number of pyridine rings is 1. The van der Waals surface area contributed by atoms with Crippen LogP contribution in [0.2, 0.25) is 0 Å². The number of benzene rings is 2. The van der Waals surface area contributed by atoms with E-state index in [1.165, 1.54) is 0 Å². The highest BCUT2D eigenvalue weighted by atomic mass is 32.2. The van der Waals surface area contributed by atoms with Gasteiger partial charge in [0.2, 0.25) is 10.0 Å². The van der Waals surface area contributed by atoms with E-state index in [0.29, 0.717) is 11.3 Å². The SMILES string of the molecule is O=S(=O)(NCc1cccc(OCc2ccccn2)c1)c1c(F)cccc1F. The smallest absolute Gasteiger partial charge is 0.246 e. The highest BCUT2D eigenvalue weighted by Gasteiger charge is 2.23. The molecule has 0 atom stereocenters. The fraction of sp³-hybridized carbons (Fsp3) is 0.105. The third kappa shape index (κ3) is 4.87. The normalized spacial score (nSPS) is 11.3. The average molecular weight is 390 g/mol.